The minimum Gasteiger partial charge on any atom is -0.494 e. The van der Waals surface area contributed by atoms with E-state index in [4.69, 9.17) is 9.47 Å². The van der Waals surface area contributed by atoms with Crippen molar-refractivity contribution in [2.75, 3.05) is 31.6 Å². The second-order valence-corrected chi connectivity index (χ2v) is 11.1. The molecule has 39 heavy (non-hydrogen) atoms. The molecule has 0 aliphatic carbocycles. The fourth-order valence-corrected chi connectivity index (χ4v) is 6.93. The highest BCUT2D eigenvalue weighted by Gasteiger charge is 2.78. The molecule has 3 aliphatic heterocycles. The van der Waals surface area contributed by atoms with Crippen LogP contribution in [0.4, 0.5) is 5.69 Å². The number of amides is 3. The standard InChI is InChI=1S/C30H45N3O6/c1-4-7-9-18-31-27(36)25-30-17-16-29(5-2,39-30)23(24(30)28(37)33(25)19-10-8-11-20-34)26(35)32-21-12-14-22(15-13-21)38-6-3/h12-15,23-25,34H,4-11,16-20H2,1-3H3,(H,31,36)(H,32,35)/t23-,24-,25?,29+,30?/m0/s1. The molecular formula is C30H45N3O6. The predicted octanol–water partition coefficient (Wildman–Crippen LogP) is 3.65. The summed E-state index contributed by atoms with van der Waals surface area (Å²) in [5.41, 5.74) is -1.16. The molecular weight excluding hydrogens is 498 g/mol. The minimum atomic E-state index is -1.01. The van der Waals surface area contributed by atoms with Gasteiger partial charge in [-0.15, -0.1) is 0 Å². The Labute approximate surface area is 232 Å². The van der Waals surface area contributed by atoms with Crippen LogP contribution >= 0.6 is 0 Å². The molecule has 1 aromatic carbocycles. The Balaban J connectivity index is 1.61. The molecule has 9 heteroatoms. The molecule has 216 valence electrons. The largest absolute Gasteiger partial charge is 0.494 e. The van der Waals surface area contributed by atoms with Crippen molar-refractivity contribution in [1.82, 2.24) is 10.2 Å². The number of carbonyl (C=O) groups is 3. The zero-order valence-corrected chi connectivity index (χ0v) is 23.7. The Morgan fingerprint density at radius 3 is 2.49 bits per heavy atom. The van der Waals surface area contributed by atoms with Crippen LogP contribution in [0.5, 0.6) is 5.75 Å². The van der Waals surface area contributed by atoms with Crippen molar-refractivity contribution in [3.63, 3.8) is 0 Å². The van der Waals surface area contributed by atoms with Crippen molar-refractivity contribution >= 4 is 23.4 Å². The number of benzene rings is 1. The maximum Gasteiger partial charge on any atom is 0.245 e. The lowest BCUT2D eigenvalue weighted by Gasteiger charge is -2.34. The molecule has 3 N–H and O–H groups in total. The molecule has 2 unspecified atom stereocenters. The van der Waals surface area contributed by atoms with Gasteiger partial charge in [0, 0.05) is 25.4 Å². The van der Waals surface area contributed by atoms with E-state index in [1.165, 1.54) is 0 Å². The van der Waals surface area contributed by atoms with Crippen molar-refractivity contribution in [1.29, 1.82) is 0 Å². The molecule has 0 aromatic heterocycles. The molecule has 9 nitrogen and oxygen atoms in total. The maximum absolute atomic E-state index is 14.1. The Bertz CT molecular complexity index is 1020. The predicted molar refractivity (Wildman–Crippen MR) is 148 cm³/mol. The fraction of sp³-hybridized carbons (Fsp3) is 0.700. The normalized spacial score (nSPS) is 29.0. The van der Waals surface area contributed by atoms with E-state index in [2.05, 4.69) is 17.6 Å². The van der Waals surface area contributed by atoms with Crippen LogP contribution in [-0.2, 0) is 19.1 Å². The van der Waals surface area contributed by atoms with Crippen molar-refractivity contribution < 1.29 is 29.0 Å². The molecule has 2 bridgehead atoms. The molecule has 4 rings (SSSR count). The number of nitrogens with zero attached hydrogens (tertiary/aromatic N) is 1. The number of rotatable bonds is 15. The van der Waals surface area contributed by atoms with Gasteiger partial charge in [-0.2, -0.15) is 0 Å². The smallest absolute Gasteiger partial charge is 0.245 e. The third-order valence-corrected chi connectivity index (χ3v) is 8.78. The highest BCUT2D eigenvalue weighted by Crippen LogP contribution is 2.64. The molecule has 1 spiro atoms. The van der Waals surface area contributed by atoms with Gasteiger partial charge in [0.15, 0.2) is 0 Å². The summed E-state index contributed by atoms with van der Waals surface area (Å²) < 4.78 is 12.3. The minimum absolute atomic E-state index is 0.0950. The van der Waals surface area contributed by atoms with Gasteiger partial charge in [0.25, 0.3) is 0 Å². The number of aliphatic hydroxyl groups is 1. The maximum atomic E-state index is 14.1. The summed E-state index contributed by atoms with van der Waals surface area (Å²) in [6.07, 6.45) is 6.81. The first-order chi connectivity index (χ1) is 18.9. The number of nitrogens with one attached hydrogen (secondary N) is 2. The number of fused-ring (bicyclic) bond motifs is 1. The van der Waals surface area contributed by atoms with Gasteiger partial charge < -0.3 is 30.1 Å². The van der Waals surface area contributed by atoms with Crippen LogP contribution < -0.4 is 15.4 Å². The van der Waals surface area contributed by atoms with Crippen molar-refractivity contribution in [2.24, 2.45) is 11.8 Å². The Kier molecular flexibility index (Phi) is 9.54. The second kappa shape index (κ2) is 12.7. The lowest BCUT2D eigenvalue weighted by atomic mass is 9.65. The van der Waals surface area contributed by atoms with Gasteiger partial charge in [-0.25, -0.2) is 0 Å². The molecule has 1 aromatic rings. The quantitative estimate of drug-likeness (QED) is 0.291. The summed E-state index contributed by atoms with van der Waals surface area (Å²) in [6.45, 7) is 7.63. The number of carbonyl (C=O) groups excluding carboxylic acids is 3. The zero-order chi connectivity index (χ0) is 28.0. The molecule has 3 saturated heterocycles. The van der Waals surface area contributed by atoms with E-state index in [1.807, 2.05) is 13.8 Å². The third kappa shape index (κ3) is 5.53. The summed E-state index contributed by atoms with van der Waals surface area (Å²) in [5, 5.41) is 15.3. The molecule has 0 radical (unpaired) electrons. The highest BCUT2D eigenvalue weighted by atomic mass is 16.5. The average molecular weight is 544 g/mol. The van der Waals surface area contributed by atoms with Gasteiger partial charge in [-0.05, 0) is 76.1 Å². The summed E-state index contributed by atoms with van der Waals surface area (Å²) in [6, 6.07) is 6.44. The first kappa shape index (κ1) is 29.3. The van der Waals surface area contributed by atoms with Crippen LogP contribution in [0.1, 0.15) is 78.6 Å². The van der Waals surface area contributed by atoms with E-state index >= 15 is 0 Å². The van der Waals surface area contributed by atoms with E-state index in [9.17, 15) is 19.5 Å². The molecule has 3 heterocycles. The second-order valence-electron chi connectivity index (χ2n) is 11.1. The first-order valence-corrected chi connectivity index (χ1v) is 14.8. The molecule has 3 fully saturated rings. The summed E-state index contributed by atoms with van der Waals surface area (Å²) in [4.78, 5) is 43.3. The molecule has 3 aliphatic rings. The number of hydrogen-bond donors (Lipinski definition) is 3. The van der Waals surface area contributed by atoms with Crippen LogP contribution in [-0.4, -0.2) is 71.3 Å². The molecule has 3 amide bonds. The van der Waals surface area contributed by atoms with E-state index < -0.39 is 29.1 Å². The van der Waals surface area contributed by atoms with Gasteiger partial charge in [0.2, 0.25) is 17.7 Å². The Morgan fingerprint density at radius 2 is 1.82 bits per heavy atom. The van der Waals surface area contributed by atoms with Gasteiger partial charge in [0.05, 0.1) is 24.0 Å². The first-order valence-electron chi connectivity index (χ1n) is 14.8. The van der Waals surface area contributed by atoms with Gasteiger partial charge in [-0.1, -0.05) is 26.7 Å². The Hall–Kier alpha value is -2.65. The SMILES string of the molecule is CCCCCNC(=O)C1N(CCCCCO)C(=O)[C@@H]2[C@@H](C(=O)Nc3ccc(OCC)cc3)[C@@]3(CC)CCC12O3. The van der Waals surface area contributed by atoms with E-state index in [0.29, 0.717) is 57.5 Å². The fourth-order valence-electron chi connectivity index (χ4n) is 6.93. The van der Waals surface area contributed by atoms with Crippen LogP contribution in [0.15, 0.2) is 24.3 Å². The van der Waals surface area contributed by atoms with Crippen LogP contribution in [0.25, 0.3) is 0 Å². The highest BCUT2D eigenvalue weighted by molar-refractivity contribution is 6.02. The van der Waals surface area contributed by atoms with Gasteiger partial charge >= 0.3 is 0 Å². The van der Waals surface area contributed by atoms with Gasteiger partial charge in [-0.3, -0.25) is 14.4 Å². The van der Waals surface area contributed by atoms with E-state index in [-0.39, 0.29) is 24.3 Å². The average Bonchev–Trinajstić information content (AvgIpc) is 3.54. The van der Waals surface area contributed by atoms with Crippen molar-refractivity contribution in [2.45, 2.75) is 95.8 Å². The lowest BCUT2D eigenvalue weighted by molar-refractivity contribution is -0.146. The van der Waals surface area contributed by atoms with Crippen LogP contribution in [0.3, 0.4) is 0 Å². The van der Waals surface area contributed by atoms with Gasteiger partial charge in [0.1, 0.15) is 17.4 Å². The number of anilines is 1. The summed E-state index contributed by atoms with van der Waals surface area (Å²) in [7, 11) is 0. The number of hydrogen-bond acceptors (Lipinski definition) is 6. The number of aliphatic hydroxyl groups excluding tert-OH is 1. The number of unbranched alkanes of at least 4 members (excludes halogenated alkanes) is 4. The Morgan fingerprint density at radius 1 is 1.05 bits per heavy atom. The monoisotopic (exact) mass is 543 g/mol. The van der Waals surface area contributed by atoms with Crippen LogP contribution in [0, 0.1) is 11.8 Å². The lowest BCUT2D eigenvalue weighted by Crippen LogP contribution is -2.55. The van der Waals surface area contributed by atoms with Crippen molar-refractivity contribution in [3.05, 3.63) is 24.3 Å². The number of likely N-dealkylation sites (tertiary alicyclic amines) is 1. The van der Waals surface area contributed by atoms with Crippen LogP contribution in [0.2, 0.25) is 0 Å². The molecule has 0 saturated carbocycles. The molecule has 5 atom stereocenters. The van der Waals surface area contributed by atoms with Crippen molar-refractivity contribution in [3.8, 4) is 5.75 Å². The van der Waals surface area contributed by atoms with E-state index in [1.54, 1.807) is 29.2 Å². The summed E-state index contributed by atoms with van der Waals surface area (Å²) >= 11 is 0. The zero-order valence-electron chi connectivity index (χ0n) is 23.7. The third-order valence-electron chi connectivity index (χ3n) is 8.78. The number of ether oxygens (including phenoxy) is 2. The topological polar surface area (TPSA) is 117 Å². The summed E-state index contributed by atoms with van der Waals surface area (Å²) in [5.74, 6) is -1.28. The van der Waals surface area contributed by atoms with E-state index in [0.717, 1.165) is 31.4 Å².